The quantitative estimate of drug-likeness (QED) is 0.496. The molecule has 2 aromatic carbocycles. The highest BCUT2D eigenvalue weighted by Crippen LogP contribution is 2.48. The van der Waals surface area contributed by atoms with Gasteiger partial charge in [0.1, 0.15) is 0 Å². The second-order valence-corrected chi connectivity index (χ2v) is 9.50. The summed E-state index contributed by atoms with van der Waals surface area (Å²) in [4.78, 5) is 44.6. The normalized spacial score (nSPS) is 18.4. The van der Waals surface area contributed by atoms with Crippen molar-refractivity contribution in [3.05, 3.63) is 89.4 Å². The summed E-state index contributed by atoms with van der Waals surface area (Å²) in [5, 5.41) is 14.7. The lowest BCUT2D eigenvalue weighted by molar-refractivity contribution is -0.305. The number of nitrogens with one attached hydrogen (secondary N) is 1. The first kappa shape index (κ1) is 26.0. The van der Waals surface area contributed by atoms with E-state index in [2.05, 4.69) is 10.3 Å². The van der Waals surface area contributed by atoms with Crippen LogP contribution in [0.4, 0.5) is 11.4 Å². The van der Waals surface area contributed by atoms with Gasteiger partial charge in [-0.15, -0.1) is 0 Å². The fourth-order valence-electron chi connectivity index (χ4n) is 5.39. The van der Waals surface area contributed by atoms with Crippen molar-refractivity contribution in [3.8, 4) is 11.5 Å². The van der Waals surface area contributed by atoms with Crippen LogP contribution in [0.15, 0.2) is 78.3 Å². The molecule has 2 atom stereocenters. The Morgan fingerprint density at radius 3 is 2.51 bits per heavy atom. The third-order valence-corrected chi connectivity index (χ3v) is 7.18. The molecule has 2 heterocycles. The fraction of sp³-hybridized carbons (Fsp3) is 0.267. The minimum absolute atomic E-state index is 0.108. The van der Waals surface area contributed by atoms with Gasteiger partial charge >= 0.3 is 0 Å². The maximum Gasteiger partial charge on any atom is 0.228 e. The SMILES string of the molecule is COc1ccc(C2CC(=O)C3=C(C2)Nc2ccccc2N(C(=O)CCC(=O)[O-])C3c2cccnc2)cc1OC. The fourth-order valence-corrected chi connectivity index (χ4v) is 5.39. The largest absolute Gasteiger partial charge is 0.550 e. The van der Waals surface area contributed by atoms with Gasteiger partial charge in [-0.05, 0) is 60.2 Å². The Kier molecular flexibility index (Phi) is 7.31. The molecule has 5 rings (SSSR count). The monoisotopic (exact) mass is 526 g/mol. The second-order valence-electron chi connectivity index (χ2n) is 9.50. The number of aliphatic carboxylic acids is 1. The highest BCUT2D eigenvalue weighted by atomic mass is 16.5. The van der Waals surface area contributed by atoms with Gasteiger partial charge in [0.05, 0.1) is 31.6 Å². The Balaban J connectivity index is 1.64. The Morgan fingerprint density at radius 2 is 1.79 bits per heavy atom. The lowest BCUT2D eigenvalue weighted by Crippen LogP contribution is -2.39. The maximum absolute atomic E-state index is 14.0. The minimum atomic E-state index is -1.31. The van der Waals surface area contributed by atoms with Crippen LogP contribution in [0.2, 0.25) is 0 Å². The molecule has 2 aliphatic rings. The maximum atomic E-state index is 14.0. The van der Waals surface area contributed by atoms with Crippen LogP contribution < -0.4 is 24.8 Å². The number of allylic oxidation sites excluding steroid dienone is 1. The van der Waals surface area contributed by atoms with E-state index in [1.54, 1.807) is 44.8 Å². The zero-order valence-electron chi connectivity index (χ0n) is 21.7. The molecule has 3 aromatic rings. The molecule has 39 heavy (non-hydrogen) atoms. The molecule has 0 fully saturated rings. The second kappa shape index (κ2) is 11.0. The molecule has 1 aliphatic heterocycles. The van der Waals surface area contributed by atoms with Crippen LogP contribution in [0.3, 0.4) is 0 Å². The summed E-state index contributed by atoms with van der Waals surface area (Å²) in [6.07, 6.45) is 3.31. The number of nitrogens with zero attached hydrogens (tertiary/aromatic N) is 2. The van der Waals surface area contributed by atoms with Gasteiger partial charge in [-0.3, -0.25) is 19.5 Å². The predicted octanol–water partition coefficient (Wildman–Crippen LogP) is 3.53. The van der Waals surface area contributed by atoms with E-state index >= 15 is 0 Å². The van der Waals surface area contributed by atoms with Gasteiger partial charge in [-0.2, -0.15) is 0 Å². The number of para-hydroxylation sites is 2. The number of aromatic nitrogens is 1. The molecule has 0 spiro atoms. The molecule has 9 heteroatoms. The van der Waals surface area contributed by atoms with Gasteiger partial charge in [-0.1, -0.05) is 24.3 Å². The number of fused-ring (bicyclic) bond motifs is 1. The van der Waals surface area contributed by atoms with Crippen LogP contribution >= 0.6 is 0 Å². The molecule has 0 saturated carbocycles. The minimum Gasteiger partial charge on any atom is -0.550 e. The van der Waals surface area contributed by atoms with Crippen LogP contribution in [0, 0.1) is 0 Å². The number of carbonyl (C=O) groups excluding carboxylic acids is 3. The van der Waals surface area contributed by atoms with Crippen LogP contribution in [-0.2, 0) is 14.4 Å². The van der Waals surface area contributed by atoms with E-state index in [9.17, 15) is 19.5 Å². The summed E-state index contributed by atoms with van der Waals surface area (Å²) in [6.45, 7) is 0. The number of anilines is 2. The Morgan fingerprint density at radius 1 is 1.00 bits per heavy atom. The van der Waals surface area contributed by atoms with Gasteiger partial charge < -0.3 is 24.7 Å². The van der Waals surface area contributed by atoms with E-state index in [0.29, 0.717) is 46.1 Å². The van der Waals surface area contributed by atoms with Crippen LogP contribution in [0.5, 0.6) is 11.5 Å². The Bertz CT molecular complexity index is 1450. The van der Waals surface area contributed by atoms with E-state index < -0.39 is 24.3 Å². The number of methoxy groups -OCH3 is 2. The van der Waals surface area contributed by atoms with E-state index in [1.165, 1.54) is 4.90 Å². The van der Waals surface area contributed by atoms with E-state index in [1.807, 2.05) is 36.4 Å². The summed E-state index contributed by atoms with van der Waals surface area (Å²) >= 11 is 0. The first-order valence-corrected chi connectivity index (χ1v) is 12.7. The van der Waals surface area contributed by atoms with Crippen molar-refractivity contribution < 1.29 is 29.0 Å². The van der Waals surface area contributed by atoms with E-state index in [4.69, 9.17) is 9.47 Å². The topological polar surface area (TPSA) is 121 Å². The Labute approximate surface area is 226 Å². The lowest BCUT2D eigenvalue weighted by Gasteiger charge is -2.35. The zero-order valence-corrected chi connectivity index (χ0v) is 21.7. The summed E-state index contributed by atoms with van der Waals surface area (Å²) < 4.78 is 10.9. The summed E-state index contributed by atoms with van der Waals surface area (Å²) in [5.74, 6) is -0.792. The van der Waals surface area contributed by atoms with E-state index in [-0.39, 0.29) is 24.5 Å². The number of ether oxygens (including phenoxy) is 2. The third kappa shape index (κ3) is 5.07. The smallest absolute Gasteiger partial charge is 0.228 e. The number of pyridine rings is 1. The van der Waals surface area contributed by atoms with Crippen molar-refractivity contribution in [1.82, 2.24) is 4.98 Å². The summed E-state index contributed by atoms with van der Waals surface area (Å²) in [7, 11) is 3.15. The van der Waals surface area contributed by atoms with E-state index in [0.717, 1.165) is 5.56 Å². The molecule has 0 radical (unpaired) electrons. The molecule has 0 saturated heterocycles. The molecule has 1 aliphatic carbocycles. The summed E-state index contributed by atoms with van der Waals surface area (Å²) in [5.41, 5.74) is 3.98. The first-order chi connectivity index (χ1) is 18.9. The highest BCUT2D eigenvalue weighted by molar-refractivity contribution is 6.06. The number of carboxylic acids is 1. The molecule has 2 unspecified atom stereocenters. The standard InChI is InChI=1S/C30H29N3O6/c1-38-25-10-9-18(16-26(25)39-2)20-14-22-29(24(34)15-20)30(19-6-5-13-31-17-19)33(27(35)11-12-28(36)37)23-8-4-3-7-21(23)32-22/h3-10,13,16-17,20,30,32H,11-12,14-15H2,1-2H3,(H,36,37)/p-1. The van der Waals surface area contributed by atoms with Crippen molar-refractivity contribution in [2.24, 2.45) is 0 Å². The third-order valence-electron chi connectivity index (χ3n) is 7.18. The van der Waals surface area contributed by atoms with Crippen LogP contribution in [-0.4, -0.2) is 36.9 Å². The van der Waals surface area contributed by atoms with Gasteiger partial charge in [-0.25, -0.2) is 0 Å². The number of carboxylic acid groups (broad SMARTS) is 1. The number of rotatable bonds is 7. The molecule has 200 valence electrons. The number of carbonyl (C=O) groups is 3. The van der Waals surface area contributed by atoms with Crippen LogP contribution in [0.25, 0.3) is 0 Å². The Hall–Kier alpha value is -4.66. The molecule has 9 nitrogen and oxygen atoms in total. The number of ketones is 1. The molecular formula is C30H28N3O6-. The highest BCUT2D eigenvalue weighted by Gasteiger charge is 2.41. The number of hydrogen-bond acceptors (Lipinski definition) is 8. The predicted molar refractivity (Wildman–Crippen MR) is 142 cm³/mol. The van der Waals surface area contributed by atoms with Crippen molar-refractivity contribution in [1.29, 1.82) is 0 Å². The molecule has 1 aromatic heterocycles. The van der Waals surface area contributed by atoms with Gasteiger partial charge in [0, 0.05) is 42.5 Å². The average Bonchev–Trinajstić information content (AvgIpc) is 3.10. The first-order valence-electron chi connectivity index (χ1n) is 12.7. The zero-order chi connectivity index (χ0) is 27.5. The van der Waals surface area contributed by atoms with Crippen molar-refractivity contribution in [2.45, 2.75) is 37.6 Å². The summed E-state index contributed by atoms with van der Waals surface area (Å²) in [6, 6.07) is 15.7. The molecule has 1 amide bonds. The van der Waals surface area contributed by atoms with Gasteiger partial charge in [0.15, 0.2) is 17.3 Å². The number of amides is 1. The van der Waals surface area contributed by atoms with Crippen LogP contribution in [0.1, 0.15) is 48.8 Å². The number of hydrogen-bond donors (Lipinski definition) is 1. The average molecular weight is 527 g/mol. The molecular weight excluding hydrogens is 498 g/mol. The number of benzene rings is 2. The van der Waals surface area contributed by atoms with Crippen molar-refractivity contribution in [2.75, 3.05) is 24.4 Å². The van der Waals surface area contributed by atoms with Crippen molar-refractivity contribution in [3.63, 3.8) is 0 Å². The lowest BCUT2D eigenvalue weighted by atomic mass is 9.78. The molecule has 1 N–H and O–H groups in total. The van der Waals surface area contributed by atoms with Gasteiger partial charge in [0.25, 0.3) is 0 Å². The number of Topliss-reactive ketones (excluding diaryl/α,β-unsaturated/α-hetero) is 1. The van der Waals surface area contributed by atoms with Crippen molar-refractivity contribution >= 4 is 29.0 Å². The van der Waals surface area contributed by atoms with Gasteiger partial charge in [0.2, 0.25) is 5.91 Å². The molecule has 0 bridgehead atoms.